The van der Waals surface area contributed by atoms with Gasteiger partial charge in [-0.05, 0) is 42.8 Å². The predicted molar refractivity (Wildman–Crippen MR) is 107 cm³/mol. The second-order valence-corrected chi connectivity index (χ2v) is 6.46. The average molecular weight is 411 g/mol. The zero-order valence-electron chi connectivity index (χ0n) is 16.1. The van der Waals surface area contributed by atoms with E-state index in [1.807, 2.05) is 30.3 Å². The van der Waals surface area contributed by atoms with E-state index in [1.165, 1.54) is 0 Å². The fourth-order valence-corrected chi connectivity index (χ4v) is 2.71. The van der Waals surface area contributed by atoms with E-state index in [-0.39, 0.29) is 31.8 Å². The summed E-state index contributed by atoms with van der Waals surface area (Å²) in [7, 11) is 0. The van der Waals surface area contributed by atoms with Crippen LogP contribution in [0.2, 0.25) is 0 Å². The first-order chi connectivity index (χ1) is 14.5. The maximum atomic E-state index is 11.9. The monoisotopic (exact) mass is 411 g/mol. The van der Waals surface area contributed by atoms with Crippen molar-refractivity contribution in [3.05, 3.63) is 54.6 Å². The van der Waals surface area contributed by atoms with Crippen LogP contribution in [-0.4, -0.2) is 48.4 Å². The highest BCUT2D eigenvalue weighted by Crippen LogP contribution is 2.22. The molecule has 1 aliphatic rings. The number of hydrogen-bond donors (Lipinski definition) is 2. The highest BCUT2D eigenvalue weighted by molar-refractivity contribution is 6.01. The van der Waals surface area contributed by atoms with Crippen LogP contribution in [0.5, 0.6) is 11.5 Å². The topological polar surface area (TPSA) is 114 Å². The van der Waals surface area contributed by atoms with Crippen LogP contribution in [0.15, 0.2) is 54.6 Å². The summed E-state index contributed by atoms with van der Waals surface area (Å²) >= 11 is 0. The van der Waals surface area contributed by atoms with E-state index in [4.69, 9.17) is 9.47 Å². The minimum absolute atomic E-state index is 0.00411. The summed E-state index contributed by atoms with van der Waals surface area (Å²) in [5.74, 6) is -0.0577. The lowest BCUT2D eigenvalue weighted by atomic mass is 10.3. The third-order valence-corrected chi connectivity index (χ3v) is 4.18. The standard InChI is InChI=1S/C21H21N3O6/c25-18(14-29-20(27)7-4-12-24-19(26)13-22-21(24)28)23-15-8-10-17(11-9-15)30-16-5-2-1-3-6-16/h1-3,5-6,8-11H,4,7,12-14H2,(H,22,28)(H,23,25). The van der Waals surface area contributed by atoms with Gasteiger partial charge in [0, 0.05) is 18.7 Å². The van der Waals surface area contributed by atoms with Gasteiger partial charge in [-0.2, -0.15) is 0 Å². The van der Waals surface area contributed by atoms with Gasteiger partial charge >= 0.3 is 12.0 Å². The van der Waals surface area contributed by atoms with Crippen molar-refractivity contribution in [1.29, 1.82) is 0 Å². The van der Waals surface area contributed by atoms with Gasteiger partial charge in [-0.15, -0.1) is 0 Å². The van der Waals surface area contributed by atoms with Gasteiger partial charge in [-0.25, -0.2) is 4.79 Å². The first-order valence-electron chi connectivity index (χ1n) is 9.38. The molecule has 0 unspecified atom stereocenters. The summed E-state index contributed by atoms with van der Waals surface area (Å²) in [6, 6.07) is 15.6. The second-order valence-electron chi connectivity index (χ2n) is 6.46. The summed E-state index contributed by atoms with van der Waals surface area (Å²) in [6.07, 6.45) is 0.262. The molecule has 1 fully saturated rings. The number of anilines is 1. The molecule has 3 rings (SSSR count). The number of para-hydroxylation sites is 1. The molecule has 0 radical (unpaired) electrons. The number of hydrogen-bond acceptors (Lipinski definition) is 6. The number of amides is 4. The van der Waals surface area contributed by atoms with Crippen molar-refractivity contribution in [3.8, 4) is 11.5 Å². The largest absolute Gasteiger partial charge is 0.457 e. The highest BCUT2D eigenvalue weighted by Gasteiger charge is 2.27. The molecule has 0 aliphatic carbocycles. The Morgan fingerprint density at radius 2 is 1.70 bits per heavy atom. The lowest BCUT2D eigenvalue weighted by Crippen LogP contribution is -2.32. The van der Waals surface area contributed by atoms with Crippen molar-refractivity contribution in [2.45, 2.75) is 12.8 Å². The Bertz CT molecular complexity index is 898. The van der Waals surface area contributed by atoms with Gasteiger partial charge in [-0.1, -0.05) is 18.2 Å². The molecule has 9 nitrogen and oxygen atoms in total. The Hall–Kier alpha value is -3.88. The molecule has 156 valence electrons. The first-order valence-corrected chi connectivity index (χ1v) is 9.38. The molecule has 2 aromatic rings. The van der Waals surface area contributed by atoms with Crippen LogP contribution in [0.1, 0.15) is 12.8 Å². The number of benzene rings is 2. The van der Waals surface area contributed by atoms with Crippen LogP contribution in [0.4, 0.5) is 10.5 Å². The Morgan fingerprint density at radius 3 is 2.37 bits per heavy atom. The van der Waals surface area contributed by atoms with Crippen LogP contribution < -0.4 is 15.4 Å². The van der Waals surface area contributed by atoms with Crippen LogP contribution in [0.3, 0.4) is 0 Å². The fourth-order valence-electron chi connectivity index (χ4n) is 2.71. The molecule has 0 saturated carbocycles. The quantitative estimate of drug-likeness (QED) is 0.483. The number of carbonyl (C=O) groups excluding carboxylic acids is 4. The number of nitrogens with one attached hydrogen (secondary N) is 2. The number of esters is 1. The van der Waals surface area contributed by atoms with Crippen molar-refractivity contribution < 1.29 is 28.7 Å². The van der Waals surface area contributed by atoms with Gasteiger partial charge in [0.1, 0.15) is 11.5 Å². The van der Waals surface area contributed by atoms with Gasteiger partial charge in [-0.3, -0.25) is 19.3 Å². The van der Waals surface area contributed by atoms with Crippen molar-refractivity contribution in [1.82, 2.24) is 10.2 Å². The van der Waals surface area contributed by atoms with Gasteiger partial charge in [0.25, 0.3) is 5.91 Å². The number of ether oxygens (including phenoxy) is 2. The number of imide groups is 1. The lowest BCUT2D eigenvalue weighted by molar-refractivity contribution is -0.147. The number of rotatable bonds is 9. The molecular formula is C21H21N3O6. The van der Waals surface area contributed by atoms with Crippen molar-refractivity contribution in [2.75, 3.05) is 25.0 Å². The van der Waals surface area contributed by atoms with Crippen LogP contribution >= 0.6 is 0 Å². The molecule has 0 spiro atoms. The minimum Gasteiger partial charge on any atom is -0.457 e. The van der Waals surface area contributed by atoms with E-state index in [1.54, 1.807) is 24.3 Å². The summed E-state index contributed by atoms with van der Waals surface area (Å²) in [4.78, 5) is 47.5. The SMILES string of the molecule is O=C(COC(=O)CCCN1C(=O)CNC1=O)Nc1ccc(Oc2ccccc2)cc1. The maximum absolute atomic E-state index is 11.9. The lowest BCUT2D eigenvalue weighted by Gasteiger charge is -2.11. The zero-order chi connectivity index (χ0) is 21.3. The van der Waals surface area contributed by atoms with Crippen molar-refractivity contribution >= 4 is 29.5 Å². The van der Waals surface area contributed by atoms with Crippen LogP contribution in [0.25, 0.3) is 0 Å². The molecule has 0 bridgehead atoms. The van der Waals surface area contributed by atoms with Crippen LogP contribution in [-0.2, 0) is 19.1 Å². The van der Waals surface area contributed by atoms with E-state index >= 15 is 0 Å². The van der Waals surface area contributed by atoms with E-state index in [9.17, 15) is 19.2 Å². The predicted octanol–water partition coefficient (Wildman–Crippen LogP) is 2.29. The van der Waals surface area contributed by atoms with E-state index in [0.717, 1.165) is 4.90 Å². The minimum atomic E-state index is -0.580. The van der Waals surface area contributed by atoms with E-state index in [2.05, 4.69) is 10.6 Å². The number of urea groups is 1. The smallest absolute Gasteiger partial charge is 0.324 e. The zero-order valence-corrected chi connectivity index (χ0v) is 16.1. The molecule has 2 aromatic carbocycles. The molecule has 0 atom stereocenters. The van der Waals surface area contributed by atoms with Crippen molar-refractivity contribution in [3.63, 3.8) is 0 Å². The summed E-state index contributed by atoms with van der Waals surface area (Å²) in [5.41, 5.74) is 0.537. The fraction of sp³-hybridized carbons (Fsp3) is 0.238. The average Bonchev–Trinajstić information content (AvgIpc) is 3.06. The molecule has 1 aliphatic heterocycles. The molecule has 30 heavy (non-hydrogen) atoms. The Morgan fingerprint density at radius 1 is 1.00 bits per heavy atom. The summed E-state index contributed by atoms with van der Waals surface area (Å²) in [6.45, 7) is -0.323. The van der Waals surface area contributed by atoms with Crippen LogP contribution in [0, 0.1) is 0 Å². The molecule has 1 heterocycles. The highest BCUT2D eigenvalue weighted by atomic mass is 16.5. The number of carbonyl (C=O) groups is 4. The third-order valence-electron chi connectivity index (χ3n) is 4.18. The molecular weight excluding hydrogens is 390 g/mol. The molecule has 2 N–H and O–H groups in total. The van der Waals surface area contributed by atoms with E-state index in [0.29, 0.717) is 17.2 Å². The third kappa shape index (κ3) is 6.06. The van der Waals surface area contributed by atoms with Gasteiger partial charge in [0.05, 0.1) is 6.54 Å². The van der Waals surface area contributed by atoms with Gasteiger partial charge in [0.15, 0.2) is 6.61 Å². The molecule has 1 saturated heterocycles. The Balaban J connectivity index is 1.35. The second kappa shape index (κ2) is 10.1. The van der Waals surface area contributed by atoms with Gasteiger partial charge in [0.2, 0.25) is 5.91 Å². The molecule has 9 heteroatoms. The van der Waals surface area contributed by atoms with E-state index < -0.39 is 24.5 Å². The maximum Gasteiger partial charge on any atom is 0.324 e. The normalized spacial score (nSPS) is 13.0. The molecule has 4 amide bonds. The van der Waals surface area contributed by atoms with Crippen molar-refractivity contribution in [2.24, 2.45) is 0 Å². The first kappa shape index (κ1) is 20.8. The summed E-state index contributed by atoms with van der Waals surface area (Å²) < 4.78 is 10.6. The Labute approximate surface area is 172 Å². The Kier molecular flexibility index (Phi) is 6.99. The van der Waals surface area contributed by atoms with Gasteiger partial charge < -0.3 is 20.1 Å². The summed E-state index contributed by atoms with van der Waals surface area (Å²) in [5, 5.41) is 5.02. The number of nitrogens with zero attached hydrogens (tertiary/aromatic N) is 1. The molecule has 0 aromatic heterocycles.